The fourth-order valence-electron chi connectivity index (χ4n) is 2.69. The lowest BCUT2D eigenvalue weighted by Crippen LogP contribution is -2.38. The van der Waals surface area contributed by atoms with Crippen LogP contribution in [0.1, 0.15) is 38.3 Å². The first-order chi connectivity index (χ1) is 9.58. The number of halogens is 2. The topological polar surface area (TPSA) is 15.3 Å². The van der Waals surface area contributed by atoms with E-state index in [1.807, 2.05) is 6.92 Å². The monoisotopic (exact) mass is 282 g/mol. The second kappa shape index (κ2) is 7.14. The van der Waals surface area contributed by atoms with Crippen molar-refractivity contribution in [1.82, 2.24) is 10.2 Å². The number of likely N-dealkylation sites (tertiary alicyclic amines) is 1. The van der Waals surface area contributed by atoms with E-state index in [2.05, 4.69) is 17.1 Å². The lowest BCUT2D eigenvalue weighted by atomic mass is 9.99. The molecule has 1 aromatic rings. The van der Waals surface area contributed by atoms with Crippen LogP contribution in [0.3, 0.4) is 0 Å². The average Bonchev–Trinajstić information content (AvgIpc) is 2.44. The summed E-state index contributed by atoms with van der Waals surface area (Å²) < 4.78 is 26.8. The predicted molar refractivity (Wildman–Crippen MR) is 77.6 cm³/mol. The van der Waals surface area contributed by atoms with Crippen molar-refractivity contribution in [3.8, 4) is 0 Å². The van der Waals surface area contributed by atoms with Gasteiger partial charge in [0.25, 0.3) is 0 Å². The highest BCUT2D eigenvalue weighted by Gasteiger charge is 2.16. The Morgan fingerprint density at radius 2 is 2.00 bits per heavy atom. The summed E-state index contributed by atoms with van der Waals surface area (Å²) in [5, 5.41) is 3.28. The minimum Gasteiger partial charge on any atom is -0.309 e. The summed E-state index contributed by atoms with van der Waals surface area (Å²) in [5.74, 6) is -0.681. The molecule has 0 aliphatic carbocycles. The number of nitrogens with zero attached hydrogens (tertiary/aromatic N) is 1. The van der Waals surface area contributed by atoms with Gasteiger partial charge in [0.1, 0.15) is 0 Å². The van der Waals surface area contributed by atoms with Gasteiger partial charge >= 0.3 is 0 Å². The molecule has 1 N–H and O–H groups in total. The van der Waals surface area contributed by atoms with E-state index in [0.29, 0.717) is 5.56 Å². The fourth-order valence-corrected chi connectivity index (χ4v) is 2.69. The van der Waals surface area contributed by atoms with Gasteiger partial charge in [-0.05, 0) is 44.8 Å². The summed E-state index contributed by atoms with van der Waals surface area (Å²) in [6, 6.07) is 4.17. The molecule has 2 nitrogen and oxygen atoms in total. The molecule has 2 rings (SSSR count). The first kappa shape index (κ1) is 15.4. The van der Waals surface area contributed by atoms with E-state index < -0.39 is 11.6 Å². The zero-order valence-corrected chi connectivity index (χ0v) is 12.3. The summed E-state index contributed by atoms with van der Waals surface area (Å²) >= 11 is 0. The van der Waals surface area contributed by atoms with E-state index >= 15 is 0 Å². The van der Waals surface area contributed by atoms with E-state index in [4.69, 9.17) is 0 Å². The molecule has 1 aliphatic rings. The van der Waals surface area contributed by atoms with Gasteiger partial charge in [0.05, 0.1) is 0 Å². The molecule has 0 saturated carbocycles. The van der Waals surface area contributed by atoms with Gasteiger partial charge in [-0.1, -0.05) is 19.1 Å². The van der Waals surface area contributed by atoms with Gasteiger partial charge in [0, 0.05) is 24.7 Å². The van der Waals surface area contributed by atoms with Crippen LogP contribution in [0.5, 0.6) is 0 Å². The predicted octanol–water partition coefficient (Wildman–Crippen LogP) is 3.35. The molecule has 20 heavy (non-hydrogen) atoms. The van der Waals surface area contributed by atoms with Crippen LogP contribution >= 0.6 is 0 Å². The van der Waals surface area contributed by atoms with Crippen molar-refractivity contribution >= 4 is 0 Å². The van der Waals surface area contributed by atoms with Crippen LogP contribution in [0.25, 0.3) is 0 Å². The third-order valence-corrected chi connectivity index (χ3v) is 4.20. The van der Waals surface area contributed by atoms with Crippen LogP contribution in [0, 0.1) is 17.6 Å². The molecule has 1 aromatic carbocycles. The van der Waals surface area contributed by atoms with E-state index in [9.17, 15) is 8.78 Å². The third-order valence-electron chi connectivity index (χ3n) is 4.20. The Balaban J connectivity index is 1.77. The van der Waals surface area contributed by atoms with Crippen molar-refractivity contribution in [2.24, 2.45) is 5.92 Å². The molecule has 0 spiro atoms. The summed E-state index contributed by atoms with van der Waals surface area (Å²) in [4.78, 5) is 2.43. The number of nitrogens with one attached hydrogen (secondary N) is 1. The van der Waals surface area contributed by atoms with Gasteiger partial charge in [-0.15, -0.1) is 0 Å². The molecule has 0 radical (unpaired) electrons. The van der Waals surface area contributed by atoms with Gasteiger partial charge < -0.3 is 10.2 Å². The first-order valence-electron chi connectivity index (χ1n) is 7.47. The number of benzene rings is 1. The van der Waals surface area contributed by atoms with E-state index in [-0.39, 0.29) is 6.04 Å². The maximum atomic E-state index is 13.7. The zero-order valence-electron chi connectivity index (χ0n) is 12.3. The molecule has 1 saturated heterocycles. The van der Waals surface area contributed by atoms with Crippen LogP contribution in [0.2, 0.25) is 0 Å². The molecule has 0 amide bonds. The second-order valence-corrected chi connectivity index (χ2v) is 5.84. The minimum atomic E-state index is -0.777. The van der Waals surface area contributed by atoms with E-state index in [1.54, 1.807) is 12.1 Å². The Morgan fingerprint density at radius 3 is 2.70 bits per heavy atom. The molecular formula is C16H24F2N2. The highest BCUT2D eigenvalue weighted by atomic mass is 19.2. The van der Waals surface area contributed by atoms with Gasteiger partial charge in [-0.25, -0.2) is 8.78 Å². The fraction of sp³-hybridized carbons (Fsp3) is 0.625. The Morgan fingerprint density at radius 1 is 1.30 bits per heavy atom. The Kier molecular flexibility index (Phi) is 5.49. The molecule has 112 valence electrons. The van der Waals surface area contributed by atoms with Crippen molar-refractivity contribution in [2.75, 3.05) is 26.2 Å². The minimum absolute atomic E-state index is 0.172. The number of hydrogen-bond acceptors (Lipinski definition) is 2. The van der Waals surface area contributed by atoms with Crippen LogP contribution in [-0.2, 0) is 0 Å². The highest BCUT2D eigenvalue weighted by molar-refractivity contribution is 5.21. The highest BCUT2D eigenvalue weighted by Crippen LogP contribution is 2.19. The second-order valence-electron chi connectivity index (χ2n) is 5.84. The van der Waals surface area contributed by atoms with Crippen LogP contribution < -0.4 is 5.32 Å². The van der Waals surface area contributed by atoms with Crippen LogP contribution in [0.15, 0.2) is 18.2 Å². The van der Waals surface area contributed by atoms with Crippen molar-refractivity contribution in [1.29, 1.82) is 0 Å². The molecule has 1 heterocycles. The molecule has 4 heteroatoms. The Labute approximate surface area is 120 Å². The number of piperidine rings is 1. The van der Waals surface area contributed by atoms with Crippen molar-refractivity contribution in [3.05, 3.63) is 35.4 Å². The van der Waals surface area contributed by atoms with E-state index in [0.717, 1.165) is 38.2 Å². The van der Waals surface area contributed by atoms with Gasteiger partial charge in [0.15, 0.2) is 11.6 Å². The normalized spacial score (nSPS) is 19.2. The SMILES string of the molecule is CC1CCN(CCNC(C)c2cccc(F)c2F)CC1. The molecule has 0 bridgehead atoms. The van der Waals surface area contributed by atoms with E-state index in [1.165, 1.54) is 12.8 Å². The Bertz CT molecular complexity index is 428. The number of hydrogen-bond donors (Lipinski definition) is 1. The summed E-state index contributed by atoms with van der Waals surface area (Å²) in [6.45, 7) is 8.22. The molecule has 1 fully saturated rings. The van der Waals surface area contributed by atoms with Gasteiger partial charge in [-0.3, -0.25) is 0 Å². The quantitative estimate of drug-likeness (QED) is 0.891. The summed E-state index contributed by atoms with van der Waals surface area (Å²) in [6.07, 6.45) is 2.52. The Hall–Kier alpha value is -1.00. The summed E-state index contributed by atoms with van der Waals surface area (Å²) in [5.41, 5.74) is 0.400. The van der Waals surface area contributed by atoms with Crippen LogP contribution in [-0.4, -0.2) is 31.1 Å². The lowest BCUT2D eigenvalue weighted by molar-refractivity contribution is 0.191. The maximum absolute atomic E-state index is 13.7. The third kappa shape index (κ3) is 4.00. The molecule has 1 aliphatic heterocycles. The maximum Gasteiger partial charge on any atom is 0.163 e. The van der Waals surface area contributed by atoms with Gasteiger partial charge in [0.2, 0.25) is 0 Å². The largest absolute Gasteiger partial charge is 0.309 e. The van der Waals surface area contributed by atoms with Gasteiger partial charge in [-0.2, -0.15) is 0 Å². The first-order valence-corrected chi connectivity index (χ1v) is 7.47. The van der Waals surface area contributed by atoms with Crippen LogP contribution in [0.4, 0.5) is 8.78 Å². The molecule has 1 unspecified atom stereocenters. The smallest absolute Gasteiger partial charge is 0.163 e. The number of rotatable bonds is 5. The lowest BCUT2D eigenvalue weighted by Gasteiger charge is -2.30. The molecule has 0 aromatic heterocycles. The van der Waals surface area contributed by atoms with Crippen molar-refractivity contribution < 1.29 is 8.78 Å². The molecular weight excluding hydrogens is 258 g/mol. The zero-order chi connectivity index (χ0) is 14.5. The average molecular weight is 282 g/mol. The van der Waals surface area contributed by atoms with Crippen molar-refractivity contribution in [2.45, 2.75) is 32.7 Å². The summed E-state index contributed by atoms with van der Waals surface area (Å²) in [7, 11) is 0. The van der Waals surface area contributed by atoms with Crippen molar-refractivity contribution in [3.63, 3.8) is 0 Å². The molecule has 1 atom stereocenters. The standard InChI is InChI=1S/C16H24F2N2/c1-12-6-9-20(10-7-12)11-8-19-13(2)14-4-3-5-15(17)16(14)18/h3-5,12-13,19H,6-11H2,1-2H3.